The molecule has 110 valence electrons. The largest absolute Gasteiger partial charge is 0.351 e. The van der Waals surface area contributed by atoms with Gasteiger partial charge in [-0.05, 0) is 36.7 Å². The summed E-state index contributed by atoms with van der Waals surface area (Å²) < 4.78 is 0. The van der Waals surface area contributed by atoms with Gasteiger partial charge in [-0.1, -0.05) is 44.2 Å². The van der Waals surface area contributed by atoms with E-state index in [0.717, 1.165) is 5.56 Å². The van der Waals surface area contributed by atoms with Crippen molar-refractivity contribution in [3.8, 4) is 0 Å². The average molecular weight is 274 g/mol. The zero-order valence-corrected chi connectivity index (χ0v) is 12.6. The molecule has 0 bridgehead atoms. The molecular weight excluding hydrogens is 248 g/mol. The van der Waals surface area contributed by atoms with E-state index in [-0.39, 0.29) is 5.91 Å². The Balaban J connectivity index is 1.63. The van der Waals surface area contributed by atoms with Crippen LogP contribution in [0.2, 0.25) is 0 Å². The minimum atomic E-state index is 0.0821. The highest BCUT2D eigenvalue weighted by atomic mass is 16.1. The highest BCUT2D eigenvalue weighted by Gasteiger charge is 2.26. The van der Waals surface area contributed by atoms with E-state index < -0.39 is 0 Å². The van der Waals surface area contributed by atoms with Gasteiger partial charge >= 0.3 is 0 Å². The van der Waals surface area contributed by atoms with E-state index in [1.54, 1.807) is 0 Å². The van der Waals surface area contributed by atoms with Gasteiger partial charge in [0.05, 0.1) is 6.54 Å². The average Bonchev–Trinajstić information content (AvgIpc) is 2.45. The lowest BCUT2D eigenvalue weighted by Crippen LogP contribution is -2.41. The molecular formula is C17H26N2O. The van der Waals surface area contributed by atoms with E-state index in [0.29, 0.717) is 24.5 Å². The van der Waals surface area contributed by atoms with E-state index in [1.807, 2.05) is 30.3 Å². The molecule has 1 fully saturated rings. The molecule has 0 unspecified atom stereocenters. The zero-order chi connectivity index (χ0) is 14.4. The van der Waals surface area contributed by atoms with Crippen LogP contribution in [0.4, 0.5) is 0 Å². The summed E-state index contributed by atoms with van der Waals surface area (Å²) in [5, 5.41) is 6.34. The summed E-state index contributed by atoms with van der Waals surface area (Å²) in [5.74, 6) is 0.0821. The van der Waals surface area contributed by atoms with Gasteiger partial charge in [-0.2, -0.15) is 0 Å². The second kappa shape index (κ2) is 6.89. The molecule has 1 aromatic carbocycles. The Kier molecular flexibility index (Phi) is 5.18. The summed E-state index contributed by atoms with van der Waals surface area (Å²) >= 11 is 0. The van der Waals surface area contributed by atoms with Crippen LogP contribution in [0.25, 0.3) is 0 Å². The fourth-order valence-electron chi connectivity index (χ4n) is 2.70. The van der Waals surface area contributed by atoms with Gasteiger partial charge in [0.25, 0.3) is 0 Å². The quantitative estimate of drug-likeness (QED) is 0.867. The predicted molar refractivity (Wildman–Crippen MR) is 82.3 cm³/mol. The molecule has 1 aliphatic carbocycles. The number of amides is 1. The van der Waals surface area contributed by atoms with Crippen LogP contribution in [0.3, 0.4) is 0 Å². The van der Waals surface area contributed by atoms with Crippen LogP contribution in [0, 0.1) is 5.41 Å². The van der Waals surface area contributed by atoms with Crippen molar-refractivity contribution in [2.24, 2.45) is 5.41 Å². The number of hydrogen-bond acceptors (Lipinski definition) is 2. The lowest BCUT2D eigenvalue weighted by atomic mass is 9.75. The highest BCUT2D eigenvalue weighted by molar-refractivity contribution is 5.78. The summed E-state index contributed by atoms with van der Waals surface area (Å²) in [6, 6.07) is 10.5. The van der Waals surface area contributed by atoms with Gasteiger partial charge in [0.1, 0.15) is 0 Å². The zero-order valence-electron chi connectivity index (χ0n) is 12.6. The maximum atomic E-state index is 11.8. The molecule has 1 aromatic rings. The molecule has 1 aliphatic rings. The van der Waals surface area contributed by atoms with Crippen LogP contribution in [0.1, 0.15) is 45.1 Å². The molecule has 3 nitrogen and oxygen atoms in total. The highest BCUT2D eigenvalue weighted by Crippen LogP contribution is 2.34. The predicted octanol–water partition coefficient (Wildman–Crippen LogP) is 2.86. The molecule has 1 saturated carbocycles. The SMILES string of the molecule is CC1(C)CCC(NCC(=O)NCc2ccccc2)CC1. The first-order valence-electron chi connectivity index (χ1n) is 7.59. The molecule has 0 heterocycles. The number of nitrogens with one attached hydrogen (secondary N) is 2. The fourth-order valence-corrected chi connectivity index (χ4v) is 2.70. The van der Waals surface area contributed by atoms with Gasteiger partial charge in [-0.15, -0.1) is 0 Å². The first-order valence-corrected chi connectivity index (χ1v) is 7.59. The van der Waals surface area contributed by atoms with Crippen molar-refractivity contribution in [3.63, 3.8) is 0 Å². The van der Waals surface area contributed by atoms with E-state index in [1.165, 1.54) is 25.7 Å². The van der Waals surface area contributed by atoms with E-state index >= 15 is 0 Å². The van der Waals surface area contributed by atoms with Crippen LogP contribution in [0.15, 0.2) is 30.3 Å². The minimum absolute atomic E-state index is 0.0821. The van der Waals surface area contributed by atoms with Crippen molar-refractivity contribution in [2.45, 2.75) is 52.1 Å². The normalized spacial score (nSPS) is 18.7. The number of carbonyl (C=O) groups is 1. The molecule has 0 radical (unpaired) electrons. The van der Waals surface area contributed by atoms with Gasteiger partial charge in [-0.3, -0.25) is 4.79 Å². The molecule has 20 heavy (non-hydrogen) atoms. The van der Waals surface area contributed by atoms with E-state index in [9.17, 15) is 4.79 Å². The van der Waals surface area contributed by atoms with Gasteiger partial charge < -0.3 is 10.6 Å². The van der Waals surface area contributed by atoms with Crippen molar-refractivity contribution < 1.29 is 4.79 Å². The first kappa shape index (κ1) is 15.0. The second-order valence-corrected chi connectivity index (χ2v) is 6.58. The molecule has 0 aliphatic heterocycles. The van der Waals surface area contributed by atoms with Gasteiger partial charge in [0.15, 0.2) is 0 Å². The van der Waals surface area contributed by atoms with Crippen LogP contribution in [-0.2, 0) is 11.3 Å². The summed E-state index contributed by atoms with van der Waals surface area (Å²) in [4.78, 5) is 11.8. The maximum absolute atomic E-state index is 11.8. The topological polar surface area (TPSA) is 41.1 Å². The molecule has 0 spiro atoms. The number of benzene rings is 1. The molecule has 2 rings (SSSR count). The Morgan fingerprint density at radius 1 is 1.20 bits per heavy atom. The maximum Gasteiger partial charge on any atom is 0.234 e. The lowest BCUT2D eigenvalue weighted by Gasteiger charge is -2.34. The number of rotatable bonds is 5. The third kappa shape index (κ3) is 4.97. The van der Waals surface area contributed by atoms with Crippen LogP contribution >= 0.6 is 0 Å². The molecule has 1 amide bonds. The molecule has 0 atom stereocenters. The third-order valence-corrected chi connectivity index (χ3v) is 4.22. The number of hydrogen-bond donors (Lipinski definition) is 2. The Morgan fingerprint density at radius 2 is 1.85 bits per heavy atom. The van der Waals surface area contributed by atoms with Crippen molar-refractivity contribution in [1.29, 1.82) is 0 Å². The second-order valence-electron chi connectivity index (χ2n) is 6.58. The summed E-state index contributed by atoms with van der Waals surface area (Å²) in [7, 11) is 0. The third-order valence-electron chi connectivity index (χ3n) is 4.22. The molecule has 0 saturated heterocycles. The van der Waals surface area contributed by atoms with E-state index in [2.05, 4.69) is 24.5 Å². The lowest BCUT2D eigenvalue weighted by molar-refractivity contribution is -0.120. The van der Waals surface area contributed by atoms with Crippen molar-refractivity contribution in [1.82, 2.24) is 10.6 Å². The van der Waals surface area contributed by atoms with Gasteiger partial charge in [-0.25, -0.2) is 0 Å². The fraction of sp³-hybridized carbons (Fsp3) is 0.588. The summed E-state index contributed by atoms with van der Waals surface area (Å²) in [6.45, 7) is 5.70. The molecule has 2 N–H and O–H groups in total. The monoisotopic (exact) mass is 274 g/mol. The van der Waals surface area contributed by atoms with Crippen molar-refractivity contribution >= 4 is 5.91 Å². The van der Waals surface area contributed by atoms with Crippen molar-refractivity contribution in [2.75, 3.05) is 6.54 Å². The Labute approximate surface area is 122 Å². The Bertz CT molecular complexity index is 418. The van der Waals surface area contributed by atoms with Gasteiger partial charge in [0, 0.05) is 12.6 Å². The van der Waals surface area contributed by atoms with Crippen molar-refractivity contribution in [3.05, 3.63) is 35.9 Å². The Morgan fingerprint density at radius 3 is 2.50 bits per heavy atom. The Hall–Kier alpha value is -1.35. The smallest absolute Gasteiger partial charge is 0.234 e. The minimum Gasteiger partial charge on any atom is -0.351 e. The summed E-state index contributed by atoms with van der Waals surface area (Å²) in [5.41, 5.74) is 1.62. The molecule has 3 heteroatoms. The number of carbonyl (C=O) groups excluding carboxylic acids is 1. The van der Waals surface area contributed by atoms with Crippen LogP contribution in [0.5, 0.6) is 0 Å². The first-order chi connectivity index (χ1) is 9.55. The standard InChI is InChI=1S/C17H26N2O/c1-17(2)10-8-15(9-11-17)18-13-16(20)19-12-14-6-4-3-5-7-14/h3-7,15,18H,8-13H2,1-2H3,(H,19,20). The van der Waals surface area contributed by atoms with Crippen LogP contribution < -0.4 is 10.6 Å². The van der Waals surface area contributed by atoms with Crippen LogP contribution in [-0.4, -0.2) is 18.5 Å². The summed E-state index contributed by atoms with van der Waals surface area (Å²) in [6.07, 6.45) is 4.85. The van der Waals surface area contributed by atoms with Gasteiger partial charge in [0.2, 0.25) is 5.91 Å². The van der Waals surface area contributed by atoms with E-state index in [4.69, 9.17) is 0 Å². The molecule has 0 aromatic heterocycles.